The van der Waals surface area contributed by atoms with Crippen LogP contribution in [0, 0.1) is 0 Å². The van der Waals surface area contributed by atoms with E-state index in [0.717, 1.165) is 0 Å². The molecular weight excluding hydrogens is 613 g/mol. The molecule has 1 aliphatic carbocycles. The fourth-order valence-corrected chi connectivity index (χ4v) is 10.9. The lowest BCUT2D eigenvalue weighted by Gasteiger charge is -2.21. The first-order chi connectivity index (χ1) is 22.5. The highest BCUT2D eigenvalue weighted by molar-refractivity contribution is 7.28. The molecule has 0 N–H and O–H groups in total. The third-order valence-corrected chi connectivity index (χ3v) is 13.7. The van der Waals surface area contributed by atoms with Crippen LogP contribution in [0.15, 0.2) is 133 Å². The highest BCUT2D eigenvalue weighted by atomic mass is 32.1. The first-order valence-corrected chi connectivity index (χ1v) is 18.2. The van der Waals surface area contributed by atoms with E-state index in [1.807, 2.05) is 34.0 Å². The number of rotatable bonds is 4. The van der Waals surface area contributed by atoms with Crippen molar-refractivity contribution in [1.29, 1.82) is 0 Å². The molecule has 6 aromatic carbocycles. The maximum Gasteiger partial charge on any atom is 0.0449 e. The summed E-state index contributed by atoms with van der Waals surface area (Å²) in [5.74, 6) is 0. The Kier molecular flexibility index (Phi) is 5.64. The predicted octanol–water partition coefficient (Wildman–Crippen LogP) is 13.7. The fourth-order valence-electron chi connectivity index (χ4n) is 7.65. The number of hydrogen-bond donors (Lipinski definition) is 0. The summed E-state index contributed by atoms with van der Waals surface area (Å²) in [6.07, 6.45) is 0. The Hall–Kier alpha value is -4.54. The fraction of sp³-hybridized carbons (Fsp3) is 0.0698. The van der Waals surface area contributed by atoms with E-state index in [9.17, 15) is 0 Å². The Labute approximate surface area is 280 Å². The van der Waals surface area contributed by atoms with E-state index in [1.54, 1.807) is 0 Å². The van der Waals surface area contributed by atoms with Crippen molar-refractivity contribution in [2.75, 3.05) is 0 Å². The van der Waals surface area contributed by atoms with Crippen LogP contribution in [0.3, 0.4) is 0 Å². The zero-order chi connectivity index (χ0) is 30.6. The molecule has 10 rings (SSSR count). The van der Waals surface area contributed by atoms with Gasteiger partial charge in [0.05, 0.1) is 0 Å². The molecular formula is C43H28S3. The molecule has 46 heavy (non-hydrogen) atoms. The highest BCUT2D eigenvalue weighted by Gasteiger charge is 2.35. The van der Waals surface area contributed by atoms with E-state index in [-0.39, 0.29) is 5.41 Å². The van der Waals surface area contributed by atoms with Crippen LogP contribution in [0.1, 0.15) is 25.0 Å². The van der Waals surface area contributed by atoms with Crippen LogP contribution in [0.5, 0.6) is 0 Å². The zero-order valence-corrected chi connectivity index (χ0v) is 27.9. The molecule has 0 radical (unpaired) electrons. The van der Waals surface area contributed by atoms with Crippen molar-refractivity contribution >= 4 is 66.3 Å². The molecule has 0 spiro atoms. The summed E-state index contributed by atoms with van der Waals surface area (Å²) in [4.78, 5) is 7.97. The van der Waals surface area contributed by atoms with E-state index in [0.29, 0.717) is 0 Å². The van der Waals surface area contributed by atoms with Gasteiger partial charge in [0, 0.05) is 34.7 Å². The minimum Gasteiger partial charge on any atom is -0.134 e. The lowest BCUT2D eigenvalue weighted by Crippen LogP contribution is -2.14. The standard InChI is InChI=1S/C43H28S3/c1-43(2)33-9-4-3-8-29(33)30-15-14-28(24-34(30)43)35-18-20-37(44-35)39-22-23-40(46-39)38-21-19-36(45-38)31-16-12-27-11-10-25-6-5-7-26-13-17-32(31)42(27)41(25)26/h3-24H,1-2H3. The number of hydrogen-bond acceptors (Lipinski definition) is 3. The SMILES string of the molecule is CC1(C)c2ccccc2-c2ccc(-c3ccc(-c4ccc(-c5ccc(-c6ccc7ccc8cccc9ccc6c7c89)s5)s4)s3)cc21. The normalized spacial score (nSPS) is 13.6. The molecule has 3 aromatic heterocycles. The van der Waals surface area contributed by atoms with Gasteiger partial charge in [0.15, 0.2) is 0 Å². The van der Waals surface area contributed by atoms with Gasteiger partial charge in [0.1, 0.15) is 0 Å². The van der Waals surface area contributed by atoms with E-state index < -0.39 is 0 Å². The van der Waals surface area contributed by atoms with Crippen LogP contribution in [-0.4, -0.2) is 0 Å². The second-order valence-corrected chi connectivity index (χ2v) is 16.1. The van der Waals surface area contributed by atoms with E-state index >= 15 is 0 Å². The lowest BCUT2D eigenvalue weighted by molar-refractivity contribution is 0.660. The quantitative estimate of drug-likeness (QED) is 0.168. The topological polar surface area (TPSA) is 0 Å². The predicted molar refractivity (Wildman–Crippen MR) is 203 cm³/mol. The summed E-state index contributed by atoms with van der Waals surface area (Å²) in [7, 11) is 0. The largest absolute Gasteiger partial charge is 0.134 e. The van der Waals surface area contributed by atoms with Crippen LogP contribution >= 0.6 is 34.0 Å². The third kappa shape index (κ3) is 3.83. The first-order valence-electron chi connectivity index (χ1n) is 15.7. The molecule has 0 amide bonds. The molecule has 9 aromatic rings. The summed E-state index contributed by atoms with van der Waals surface area (Å²) >= 11 is 5.70. The van der Waals surface area contributed by atoms with Crippen LogP contribution in [-0.2, 0) is 5.41 Å². The highest BCUT2D eigenvalue weighted by Crippen LogP contribution is 2.51. The van der Waals surface area contributed by atoms with Gasteiger partial charge in [0.25, 0.3) is 0 Å². The van der Waals surface area contributed by atoms with Gasteiger partial charge in [0.2, 0.25) is 0 Å². The van der Waals surface area contributed by atoms with Crippen LogP contribution in [0.4, 0.5) is 0 Å². The van der Waals surface area contributed by atoms with Crippen LogP contribution < -0.4 is 0 Å². The third-order valence-electron chi connectivity index (χ3n) is 9.97. The minimum atomic E-state index is 0.0157. The van der Waals surface area contributed by atoms with E-state index in [1.165, 1.54) is 95.0 Å². The number of benzene rings is 6. The summed E-state index contributed by atoms with van der Waals surface area (Å²) in [6, 6.07) is 50.1. The number of fused-ring (bicyclic) bond motifs is 3. The lowest BCUT2D eigenvalue weighted by atomic mass is 9.82. The Balaban J connectivity index is 0.971. The van der Waals surface area contributed by atoms with Crippen molar-refractivity contribution in [1.82, 2.24) is 0 Å². The zero-order valence-electron chi connectivity index (χ0n) is 25.4. The average molecular weight is 641 g/mol. The summed E-state index contributed by atoms with van der Waals surface area (Å²) in [5.41, 5.74) is 8.26. The Morgan fingerprint density at radius 3 is 1.70 bits per heavy atom. The monoisotopic (exact) mass is 640 g/mol. The van der Waals surface area contributed by atoms with Gasteiger partial charge in [-0.1, -0.05) is 105 Å². The Bertz CT molecular complexity index is 2610. The molecule has 0 saturated carbocycles. The molecule has 0 unspecified atom stereocenters. The summed E-state index contributed by atoms with van der Waals surface area (Å²) < 4.78 is 0. The van der Waals surface area contributed by atoms with Crippen molar-refractivity contribution in [3.8, 4) is 51.5 Å². The molecule has 1 aliphatic rings. The average Bonchev–Trinajstić information content (AvgIpc) is 3.90. The van der Waals surface area contributed by atoms with Gasteiger partial charge in [-0.3, -0.25) is 0 Å². The molecule has 0 atom stereocenters. The molecule has 3 heteroatoms. The molecule has 0 aliphatic heterocycles. The van der Waals surface area contributed by atoms with Crippen molar-refractivity contribution in [3.05, 3.63) is 145 Å². The maximum absolute atomic E-state index is 2.43. The Morgan fingerprint density at radius 1 is 0.391 bits per heavy atom. The summed E-state index contributed by atoms with van der Waals surface area (Å²) in [6.45, 7) is 4.71. The van der Waals surface area contributed by atoms with E-state index in [4.69, 9.17) is 0 Å². The van der Waals surface area contributed by atoms with Crippen LogP contribution in [0.25, 0.3) is 83.8 Å². The molecule has 0 fully saturated rings. The maximum atomic E-state index is 2.43. The van der Waals surface area contributed by atoms with Gasteiger partial charge >= 0.3 is 0 Å². The molecule has 0 bridgehead atoms. The van der Waals surface area contributed by atoms with Gasteiger partial charge < -0.3 is 0 Å². The molecule has 0 nitrogen and oxygen atoms in total. The summed E-state index contributed by atoms with van der Waals surface area (Å²) in [5, 5.41) is 8.04. The Morgan fingerprint density at radius 2 is 0.935 bits per heavy atom. The number of thiophene rings is 3. The first kappa shape index (κ1) is 26.7. The van der Waals surface area contributed by atoms with Crippen molar-refractivity contribution in [2.24, 2.45) is 0 Å². The van der Waals surface area contributed by atoms with Gasteiger partial charge in [-0.15, -0.1) is 34.0 Å². The second kappa shape index (κ2) is 9.73. The van der Waals surface area contributed by atoms with Gasteiger partial charge in [-0.25, -0.2) is 0 Å². The van der Waals surface area contributed by atoms with Crippen molar-refractivity contribution in [2.45, 2.75) is 19.3 Å². The molecule has 218 valence electrons. The van der Waals surface area contributed by atoms with E-state index in [2.05, 4.69) is 147 Å². The smallest absolute Gasteiger partial charge is 0.0449 e. The van der Waals surface area contributed by atoms with Crippen LogP contribution in [0.2, 0.25) is 0 Å². The van der Waals surface area contributed by atoms with Crippen molar-refractivity contribution in [3.63, 3.8) is 0 Å². The molecule has 0 saturated heterocycles. The minimum absolute atomic E-state index is 0.0157. The van der Waals surface area contributed by atoms with Crippen molar-refractivity contribution < 1.29 is 0 Å². The van der Waals surface area contributed by atoms with Gasteiger partial charge in [-0.2, -0.15) is 0 Å². The molecule has 3 heterocycles. The van der Waals surface area contributed by atoms with Gasteiger partial charge in [-0.05, 0) is 108 Å². The second-order valence-electron chi connectivity index (χ2n) is 12.9.